The largest absolute Gasteiger partial charge is 0.466 e. The summed E-state index contributed by atoms with van der Waals surface area (Å²) >= 11 is 0. The lowest BCUT2D eigenvalue weighted by Crippen LogP contribution is -2.41. The van der Waals surface area contributed by atoms with Crippen LogP contribution in [0.5, 0.6) is 0 Å². The van der Waals surface area contributed by atoms with Crippen LogP contribution in [0.2, 0.25) is 0 Å². The highest BCUT2D eigenvalue weighted by atomic mass is 16.3. The summed E-state index contributed by atoms with van der Waals surface area (Å²) in [7, 11) is 0. The molecule has 0 bridgehead atoms. The van der Waals surface area contributed by atoms with Crippen molar-refractivity contribution in [3.63, 3.8) is 0 Å². The first-order valence-electron chi connectivity index (χ1n) is 6.51. The Balaban J connectivity index is 2.05. The van der Waals surface area contributed by atoms with Gasteiger partial charge in [-0.05, 0) is 46.7 Å². The molecule has 1 aromatic rings. The highest BCUT2D eigenvalue weighted by molar-refractivity contribution is 5.83. The third-order valence-corrected chi connectivity index (χ3v) is 3.81. The number of nitrogens with one attached hydrogen (secondary N) is 2. The minimum Gasteiger partial charge on any atom is -0.466 e. The van der Waals surface area contributed by atoms with Crippen molar-refractivity contribution in [1.29, 1.82) is 0 Å². The van der Waals surface area contributed by atoms with E-state index in [1.165, 1.54) is 0 Å². The molecule has 1 aliphatic heterocycles. The maximum atomic E-state index is 12.3. The number of aryl methyl sites for hydroxylation is 2. The van der Waals surface area contributed by atoms with Crippen LogP contribution < -0.4 is 10.6 Å². The molecule has 2 N–H and O–H groups in total. The van der Waals surface area contributed by atoms with Gasteiger partial charge in [0.05, 0.1) is 11.5 Å². The lowest BCUT2D eigenvalue weighted by molar-refractivity contribution is -0.129. The van der Waals surface area contributed by atoms with Crippen molar-refractivity contribution >= 4 is 5.91 Å². The summed E-state index contributed by atoms with van der Waals surface area (Å²) in [5.41, 5.74) is 0.788. The monoisotopic (exact) mass is 250 g/mol. The van der Waals surface area contributed by atoms with E-state index in [0.29, 0.717) is 0 Å². The first-order valence-corrected chi connectivity index (χ1v) is 6.51. The van der Waals surface area contributed by atoms with Gasteiger partial charge < -0.3 is 15.1 Å². The number of hydrogen-bond acceptors (Lipinski definition) is 3. The van der Waals surface area contributed by atoms with E-state index in [1.807, 2.05) is 33.8 Å². The molecule has 100 valence electrons. The van der Waals surface area contributed by atoms with Gasteiger partial charge in [0, 0.05) is 12.1 Å². The normalized spacial score (nSPS) is 25.1. The van der Waals surface area contributed by atoms with Crippen LogP contribution in [0.4, 0.5) is 0 Å². The van der Waals surface area contributed by atoms with Gasteiger partial charge in [-0.15, -0.1) is 0 Å². The van der Waals surface area contributed by atoms with Crippen LogP contribution in [0.25, 0.3) is 0 Å². The van der Waals surface area contributed by atoms with Crippen molar-refractivity contribution < 1.29 is 9.21 Å². The van der Waals surface area contributed by atoms with Crippen LogP contribution in [0, 0.1) is 19.3 Å². The summed E-state index contributed by atoms with van der Waals surface area (Å²) in [5, 5.41) is 6.34. The van der Waals surface area contributed by atoms with E-state index in [1.54, 1.807) is 0 Å². The van der Waals surface area contributed by atoms with E-state index < -0.39 is 0 Å². The van der Waals surface area contributed by atoms with E-state index in [4.69, 9.17) is 4.42 Å². The van der Waals surface area contributed by atoms with Crippen molar-refractivity contribution in [3.8, 4) is 0 Å². The Bertz CT molecular complexity index is 445. The molecule has 1 aliphatic rings. The molecule has 0 aliphatic carbocycles. The Labute approximate surface area is 108 Å². The van der Waals surface area contributed by atoms with Crippen LogP contribution >= 0.6 is 0 Å². The number of carbonyl (C=O) groups excluding carboxylic acids is 1. The molecule has 4 heteroatoms. The lowest BCUT2D eigenvalue weighted by Gasteiger charge is -2.24. The Morgan fingerprint density at radius 1 is 1.56 bits per heavy atom. The predicted octanol–water partition coefficient (Wildman–Crippen LogP) is 2.07. The minimum absolute atomic E-state index is 0.00706. The molecular formula is C14H22N2O2. The van der Waals surface area contributed by atoms with Gasteiger partial charge in [0.2, 0.25) is 5.91 Å². The first-order chi connectivity index (χ1) is 8.42. The summed E-state index contributed by atoms with van der Waals surface area (Å²) < 4.78 is 5.50. The van der Waals surface area contributed by atoms with Crippen LogP contribution in [0.3, 0.4) is 0 Å². The molecule has 18 heavy (non-hydrogen) atoms. The molecule has 2 unspecified atom stereocenters. The molecule has 1 fully saturated rings. The van der Waals surface area contributed by atoms with Gasteiger partial charge in [0.15, 0.2) is 0 Å². The zero-order valence-corrected chi connectivity index (χ0v) is 11.6. The van der Waals surface area contributed by atoms with E-state index >= 15 is 0 Å². The lowest BCUT2D eigenvalue weighted by atomic mass is 9.88. The SMILES string of the molecule is Cc1cc(C(C)NC(=O)C2(C)CCNC2)c(C)o1. The molecule has 2 atom stereocenters. The fraction of sp³-hybridized carbons (Fsp3) is 0.643. The highest BCUT2D eigenvalue weighted by Crippen LogP contribution is 2.27. The Morgan fingerprint density at radius 3 is 2.78 bits per heavy atom. The molecule has 1 amide bonds. The Kier molecular flexibility index (Phi) is 3.48. The predicted molar refractivity (Wildman–Crippen MR) is 70.3 cm³/mol. The number of rotatable bonds is 3. The number of furan rings is 1. The fourth-order valence-electron chi connectivity index (χ4n) is 2.54. The molecule has 1 aromatic heterocycles. The van der Waals surface area contributed by atoms with Crippen LogP contribution in [0.15, 0.2) is 10.5 Å². The van der Waals surface area contributed by atoms with Gasteiger partial charge in [-0.3, -0.25) is 4.79 Å². The van der Waals surface area contributed by atoms with Crippen LogP contribution in [-0.4, -0.2) is 19.0 Å². The molecule has 0 aromatic carbocycles. The molecule has 0 radical (unpaired) electrons. The summed E-state index contributed by atoms with van der Waals surface area (Å²) in [6, 6.07) is 1.99. The zero-order valence-electron chi connectivity index (χ0n) is 11.6. The van der Waals surface area contributed by atoms with Crippen LogP contribution in [0.1, 0.15) is 43.4 Å². The number of amides is 1. The maximum Gasteiger partial charge on any atom is 0.227 e. The van der Waals surface area contributed by atoms with Gasteiger partial charge in [-0.1, -0.05) is 0 Å². The third kappa shape index (κ3) is 2.43. The van der Waals surface area contributed by atoms with Gasteiger partial charge in [0.1, 0.15) is 11.5 Å². The Hall–Kier alpha value is -1.29. The van der Waals surface area contributed by atoms with Crippen LogP contribution in [-0.2, 0) is 4.79 Å². The molecule has 4 nitrogen and oxygen atoms in total. The zero-order chi connectivity index (χ0) is 13.3. The smallest absolute Gasteiger partial charge is 0.227 e. The van der Waals surface area contributed by atoms with E-state index in [2.05, 4.69) is 10.6 Å². The maximum absolute atomic E-state index is 12.3. The molecule has 1 saturated heterocycles. The second-order valence-corrected chi connectivity index (χ2v) is 5.55. The highest BCUT2D eigenvalue weighted by Gasteiger charge is 2.37. The van der Waals surface area contributed by atoms with Gasteiger partial charge in [0.25, 0.3) is 0 Å². The molecule has 2 rings (SSSR count). The van der Waals surface area contributed by atoms with Crippen molar-refractivity contribution in [3.05, 3.63) is 23.2 Å². The summed E-state index contributed by atoms with van der Waals surface area (Å²) in [5.74, 6) is 1.89. The second kappa shape index (κ2) is 4.76. The average molecular weight is 250 g/mol. The van der Waals surface area contributed by atoms with E-state index in [-0.39, 0.29) is 17.4 Å². The van der Waals surface area contributed by atoms with Crippen molar-refractivity contribution in [2.45, 2.75) is 40.2 Å². The second-order valence-electron chi connectivity index (χ2n) is 5.55. The quantitative estimate of drug-likeness (QED) is 0.863. The van der Waals surface area contributed by atoms with Crippen molar-refractivity contribution in [1.82, 2.24) is 10.6 Å². The van der Waals surface area contributed by atoms with Gasteiger partial charge in [-0.2, -0.15) is 0 Å². The summed E-state index contributed by atoms with van der Waals surface area (Å²) in [4.78, 5) is 12.3. The topological polar surface area (TPSA) is 54.3 Å². The van der Waals surface area contributed by atoms with Gasteiger partial charge in [-0.25, -0.2) is 0 Å². The third-order valence-electron chi connectivity index (χ3n) is 3.81. The van der Waals surface area contributed by atoms with E-state index in [0.717, 1.165) is 36.6 Å². The standard InChI is InChI=1S/C14H22N2O2/c1-9-7-12(11(3)18-9)10(2)16-13(17)14(4)5-6-15-8-14/h7,10,15H,5-6,8H2,1-4H3,(H,16,17). The van der Waals surface area contributed by atoms with Crippen molar-refractivity contribution in [2.75, 3.05) is 13.1 Å². The first kappa shape index (κ1) is 13.1. The molecule has 0 saturated carbocycles. The fourth-order valence-corrected chi connectivity index (χ4v) is 2.54. The molecular weight excluding hydrogens is 228 g/mol. The average Bonchev–Trinajstić information content (AvgIpc) is 2.86. The summed E-state index contributed by atoms with van der Waals surface area (Å²) in [6.45, 7) is 9.55. The van der Waals surface area contributed by atoms with Gasteiger partial charge >= 0.3 is 0 Å². The Morgan fingerprint density at radius 2 is 2.28 bits per heavy atom. The minimum atomic E-state index is -0.277. The molecule has 2 heterocycles. The number of hydrogen-bond donors (Lipinski definition) is 2. The van der Waals surface area contributed by atoms with E-state index in [9.17, 15) is 4.79 Å². The number of carbonyl (C=O) groups is 1. The summed E-state index contributed by atoms with van der Waals surface area (Å²) in [6.07, 6.45) is 0.898. The molecule has 0 spiro atoms. The van der Waals surface area contributed by atoms with Crippen molar-refractivity contribution in [2.24, 2.45) is 5.41 Å².